The Morgan fingerprint density at radius 1 is 1.30 bits per heavy atom. The number of hydrogen-bond donors (Lipinski definition) is 0. The third kappa shape index (κ3) is 2.20. The maximum Gasteiger partial charge on any atom is 0.225 e. The topological polar surface area (TPSA) is 44.1 Å². The Balaban J connectivity index is 1.71. The van der Waals surface area contributed by atoms with Crippen molar-refractivity contribution in [2.75, 3.05) is 13.1 Å². The van der Waals surface area contributed by atoms with Crippen molar-refractivity contribution in [3.05, 3.63) is 35.9 Å². The summed E-state index contributed by atoms with van der Waals surface area (Å²) in [6.07, 6.45) is 2.54. The van der Waals surface area contributed by atoms with Gasteiger partial charge in [-0.3, -0.25) is 4.79 Å². The number of amides is 1. The summed E-state index contributed by atoms with van der Waals surface area (Å²) in [6, 6.07) is 12.5. The summed E-state index contributed by atoms with van der Waals surface area (Å²) in [5.74, 6) is 1.11. The largest absolute Gasteiger partial charge is 0.342 e. The molecule has 1 amide bonds. The van der Waals surface area contributed by atoms with Crippen LogP contribution in [-0.2, 0) is 10.2 Å². The van der Waals surface area contributed by atoms with E-state index < -0.39 is 5.41 Å². The Kier molecular flexibility index (Phi) is 3.25. The van der Waals surface area contributed by atoms with Crippen LogP contribution in [0.3, 0.4) is 0 Å². The first-order valence-corrected chi connectivity index (χ1v) is 7.42. The summed E-state index contributed by atoms with van der Waals surface area (Å²) in [6.45, 7) is 3.56. The minimum absolute atomic E-state index is 0.251. The van der Waals surface area contributed by atoms with Crippen LogP contribution >= 0.6 is 0 Å². The van der Waals surface area contributed by atoms with E-state index in [4.69, 9.17) is 0 Å². The Hall–Kier alpha value is -1.82. The quantitative estimate of drug-likeness (QED) is 0.827. The molecule has 1 aliphatic heterocycles. The van der Waals surface area contributed by atoms with Crippen LogP contribution in [0.2, 0.25) is 0 Å². The third-order valence-electron chi connectivity index (χ3n) is 4.90. The molecule has 0 radical (unpaired) electrons. The number of benzene rings is 1. The Labute approximate surface area is 120 Å². The van der Waals surface area contributed by atoms with Crippen molar-refractivity contribution in [1.82, 2.24) is 4.90 Å². The van der Waals surface area contributed by atoms with Gasteiger partial charge in [-0.2, -0.15) is 5.26 Å². The van der Waals surface area contributed by atoms with Crippen molar-refractivity contribution in [1.29, 1.82) is 5.26 Å². The van der Waals surface area contributed by atoms with Gasteiger partial charge in [-0.25, -0.2) is 0 Å². The van der Waals surface area contributed by atoms with Gasteiger partial charge in [0.1, 0.15) is 0 Å². The molecule has 0 bridgehead atoms. The van der Waals surface area contributed by atoms with E-state index in [1.165, 1.54) is 0 Å². The molecule has 3 nitrogen and oxygen atoms in total. The van der Waals surface area contributed by atoms with Crippen LogP contribution < -0.4 is 0 Å². The molecule has 2 unspecified atom stereocenters. The first-order valence-electron chi connectivity index (χ1n) is 7.42. The maximum atomic E-state index is 12.2. The molecule has 2 atom stereocenters. The van der Waals surface area contributed by atoms with Gasteiger partial charge < -0.3 is 4.90 Å². The van der Waals surface area contributed by atoms with E-state index >= 15 is 0 Å². The minimum Gasteiger partial charge on any atom is -0.342 e. The van der Waals surface area contributed by atoms with Crippen molar-refractivity contribution in [2.24, 2.45) is 11.8 Å². The third-order valence-corrected chi connectivity index (χ3v) is 4.90. The van der Waals surface area contributed by atoms with E-state index in [0.717, 1.165) is 24.8 Å². The van der Waals surface area contributed by atoms with Gasteiger partial charge in [-0.1, -0.05) is 37.3 Å². The van der Waals surface area contributed by atoms with E-state index in [9.17, 15) is 10.1 Å². The van der Waals surface area contributed by atoms with Crippen LogP contribution in [-0.4, -0.2) is 23.9 Å². The lowest BCUT2D eigenvalue weighted by atomic mass is 9.74. The second-order valence-corrected chi connectivity index (χ2v) is 6.20. The predicted molar refractivity (Wildman–Crippen MR) is 76.8 cm³/mol. The number of nitrogens with zero attached hydrogens (tertiary/aromatic N) is 2. The van der Waals surface area contributed by atoms with Gasteiger partial charge in [0.15, 0.2) is 0 Å². The predicted octanol–water partition coefficient (Wildman–Crippen LogP) is 2.73. The molecule has 2 aliphatic rings. The van der Waals surface area contributed by atoms with Gasteiger partial charge in [-0.05, 0) is 30.7 Å². The minimum atomic E-state index is -0.410. The molecule has 1 saturated heterocycles. The van der Waals surface area contributed by atoms with Gasteiger partial charge in [-0.15, -0.1) is 0 Å². The van der Waals surface area contributed by atoms with Crippen LogP contribution in [0.25, 0.3) is 0 Å². The highest BCUT2D eigenvalue weighted by Gasteiger charge is 2.44. The Bertz CT molecular complexity index is 538. The highest BCUT2D eigenvalue weighted by molar-refractivity contribution is 5.81. The number of carbonyl (C=O) groups is 1. The molecule has 2 fully saturated rings. The fourth-order valence-electron chi connectivity index (χ4n) is 3.23. The number of piperidine rings is 1. The zero-order chi connectivity index (χ0) is 14.2. The molecule has 0 spiro atoms. The fourth-order valence-corrected chi connectivity index (χ4v) is 3.23. The summed E-state index contributed by atoms with van der Waals surface area (Å²) in [5, 5.41) is 9.63. The molecule has 1 heterocycles. The monoisotopic (exact) mass is 268 g/mol. The average Bonchev–Trinajstić information content (AvgIpc) is 3.24. The van der Waals surface area contributed by atoms with Gasteiger partial charge >= 0.3 is 0 Å². The molecule has 1 saturated carbocycles. The second kappa shape index (κ2) is 4.94. The lowest BCUT2D eigenvalue weighted by molar-refractivity contribution is -0.134. The van der Waals surface area contributed by atoms with Crippen LogP contribution in [0, 0.1) is 23.2 Å². The first kappa shape index (κ1) is 13.2. The molecule has 104 valence electrons. The standard InChI is InChI=1S/C17H20N2O/c1-13-11-15(13)16(20)19-9-7-17(12-18,8-10-19)14-5-3-2-4-6-14/h2-6,13,15H,7-11H2,1H3. The first-order chi connectivity index (χ1) is 9.66. The van der Waals surface area contributed by atoms with Crippen molar-refractivity contribution in [3.8, 4) is 6.07 Å². The molecule has 3 rings (SSSR count). The summed E-state index contributed by atoms with van der Waals surface area (Å²) in [7, 11) is 0. The SMILES string of the molecule is CC1CC1C(=O)N1CCC(C#N)(c2ccccc2)CC1. The van der Waals surface area contributed by atoms with Gasteiger partial charge in [0.05, 0.1) is 11.5 Å². The van der Waals surface area contributed by atoms with Crippen molar-refractivity contribution in [3.63, 3.8) is 0 Å². The summed E-state index contributed by atoms with van der Waals surface area (Å²) < 4.78 is 0. The highest BCUT2D eigenvalue weighted by Crippen LogP contribution is 2.41. The molecular weight excluding hydrogens is 248 g/mol. The Morgan fingerprint density at radius 2 is 1.90 bits per heavy atom. The van der Waals surface area contributed by atoms with Crippen LogP contribution in [0.1, 0.15) is 31.7 Å². The van der Waals surface area contributed by atoms with E-state index in [1.54, 1.807) is 0 Å². The van der Waals surface area contributed by atoms with E-state index in [0.29, 0.717) is 24.9 Å². The lowest BCUT2D eigenvalue weighted by Gasteiger charge is -2.37. The van der Waals surface area contributed by atoms with Crippen molar-refractivity contribution in [2.45, 2.75) is 31.6 Å². The summed E-state index contributed by atoms with van der Waals surface area (Å²) in [5.41, 5.74) is 0.683. The molecule has 3 heteroatoms. The fraction of sp³-hybridized carbons (Fsp3) is 0.529. The maximum absolute atomic E-state index is 12.2. The van der Waals surface area contributed by atoms with E-state index in [2.05, 4.69) is 13.0 Å². The summed E-state index contributed by atoms with van der Waals surface area (Å²) >= 11 is 0. The lowest BCUT2D eigenvalue weighted by Crippen LogP contribution is -2.45. The van der Waals surface area contributed by atoms with Crippen LogP contribution in [0.5, 0.6) is 0 Å². The molecule has 1 aromatic carbocycles. The molecule has 20 heavy (non-hydrogen) atoms. The normalized spacial score (nSPS) is 27.7. The molecule has 0 N–H and O–H groups in total. The van der Waals surface area contributed by atoms with Crippen molar-refractivity contribution >= 4 is 5.91 Å². The zero-order valence-corrected chi connectivity index (χ0v) is 11.9. The van der Waals surface area contributed by atoms with Crippen LogP contribution in [0.15, 0.2) is 30.3 Å². The molecule has 1 aliphatic carbocycles. The summed E-state index contributed by atoms with van der Waals surface area (Å²) in [4.78, 5) is 14.2. The van der Waals surface area contributed by atoms with Gasteiger partial charge in [0.25, 0.3) is 0 Å². The van der Waals surface area contributed by atoms with E-state index in [-0.39, 0.29) is 5.92 Å². The second-order valence-electron chi connectivity index (χ2n) is 6.20. The highest BCUT2D eigenvalue weighted by atomic mass is 16.2. The Morgan fingerprint density at radius 3 is 2.40 bits per heavy atom. The number of rotatable bonds is 2. The average molecular weight is 268 g/mol. The number of carbonyl (C=O) groups excluding carboxylic acids is 1. The zero-order valence-electron chi connectivity index (χ0n) is 11.9. The van der Waals surface area contributed by atoms with E-state index in [1.807, 2.05) is 35.2 Å². The smallest absolute Gasteiger partial charge is 0.225 e. The number of nitriles is 1. The molecular formula is C17H20N2O. The molecule has 0 aromatic heterocycles. The van der Waals surface area contributed by atoms with Gasteiger partial charge in [0, 0.05) is 19.0 Å². The number of hydrogen-bond acceptors (Lipinski definition) is 2. The van der Waals surface area contributed by atoms with Gasteiger partial charge in [0.2, 0.25) is 5.91 Å². The number of likely N-dealkylation sites (tertiary alicyclic amines) is 1. The van der Waals surface area contributed by atoms with Crippen molar-refractivity contribution < 1.29 is 4.79 Å². The molecule has 1 aromatic rings. The van der Waals surface area contributed by atoms with Crippen LogP contribution in [0.4, 0.5) is 0 Å².